The molecule has 9 nitrogen and oxygen atoms in total. The van der Waals surface area contributed by atoms with Crippen LogP contribution in [0.1, 0.15) is 20.7 Å². The van der Waals surface area contributed by atoms with Crippen LogP contribution in [0.5, 0.6) is 23.0 Å². The SMILES string of the molecule is O=COc1ccc(Oc2ccc(C(=O)O)c(C(=O)O)c2)cc1OC=O. The fraction of sp³-hybridized carbons (Fsp3) is 0. The topological polar surface area (TPSA) is 136 Å². The smallest absolute Gasteiger partial charge is 0.336 e. The zero-order valence-corrected chi connectivity index (χ0v) is 12.4. The Balaban J connectivity index is 2.36. The van der Waals surface area contributed by atoms with Gasteiger partial charge in [-0.25, -0.2) is 9.59 Å². The molecule has 0 bridgehead atoms. The molecule has 0 saturated carbocycles. The quantitative estimate of drug-likeness (QED) is 0.687. The Morgan fingerprint density at radius 3 is 1.92 bits per heavy atom. The Kier molecular flexibility index (Phi) is 5.31. The van der Waals surface area contributed by atoms with Crippen LogP contribution in [0.3, 0.4) is 0 Å². The van der Waals surface area contributed by atoms with Gasteiger partial charge >= 0.3 is 11.9 Å². The molecule has 0 heterocycles. The van der Waals surface area contributed by atoms with Crippen molar-refractivity contribution in [2.45, 2.75) is 0 Å². The monoisotopic (exact) mass is 346 g/mol. The summed E-state index contributed by atoms with van der Waals surface area (Å²) in [6.07, 6.45) is 0. The summed E-state index contributed by atoms with van der Waals surface area (Å²) >= 11 is 0. The molecule has 0 aromatic heterocycles. The van der Waals surface area contributed by atoms with Crippen LogP contribution in [0.4, 0.5) is 0 Å². The van der Waals surface area contributed by atoms with Crippen molar-refractivity contribution in [1.29, 1.82) is 0 Å². The molecule has 0 aliphatic carbocycles. The number of carboxylic acid groups (broad SMARTS) is 2. The summed E-state index contributed by atoms with van der Waals surface area (Å²) in [5.41, 5.74) is -0.838. The van der Waals surface area contributed by atoms with Gasteiger partial charge in [0.25, 0.3) is 12.9 Å². The second-order valence-electron chi connectivity index (χ2n) is 4.46. The average Bonchev–Trinajstić information content (AvgIpc) is 2.57. The molecule has 0 aliphatic rings. The molecule has 9 heteroatoms. The van der Waals surface area contributed by atoms with E-state index >= 15 is 0 Å². The predicted molar refractivity (Wildman–Crippen MR) is 80.3 cm³/mol. The average molecular weight is 346 g/mol. The van der Waals surface area contributed by atoms with E-state index in [4.69, 9.17) is 14.9 Å². The lowest BCUT2D eigenvalue weighted by Crippen LogP contribution is -2.08. The van der Waals surface area contributed by atoms with Gasteiger partial charge in [0.05, 0.1) is 11.1 Å². The second-order valence-corrected chi connectivity index (χ2v) is 4.46. The Bertz CT molecular complexity index is 841. The van der Waals surface area contributed by atoms with Gasteiger partial charge in [-0.1, -0.05) is 0 Å². The maximum Gasteiger partial charge on any atom is 0.336 e. The molecule has 0 radical (unpaired) electrons. The molecule has 0 unspecified atom stereocenters. The summed E-state index contributed by atoms with van der Waals surface area (Å²) in [5.74, 6) is -2.76. The third-order valence-corrected chi connectivity index (χ3v) is 2.95. The highest BCUT2D eigenvalue weighted by atomic mass is 16.6. The van der Waals surface area contributed by atoms with E-state index in [1.165, 1.54) is 24.3 Å². The largest absolute Gasteiger partial charge is 0.478 e. The van der Waals surface area contributed by atoms with E-state index in [0.29, 0.717) is 0 Å². The fourth-order valence-corrected chi connectivity index (χ4v) is 1.93. The van der Waals surface area contributed by atoms with Crippen molar-refractivity contribution in [2.24, 2.45) is 0 Å². The van der Waals surface area contributed by atoms with Crippen molar-refractivity contribution in [3.8, 4) is 23.0 Å². The lowest BCUT2D eigenvalue weighted by Gasteiger charge is -2.10. The van der Waals surface area contributed by atoms with Crippen LogP contribution in [0.15, 0.2) is 36.4 Å². The number of carboxylic acids is 2. The number of benzene rings is 2. The number of rotatable bonds is 8. The number of carbonyl (C=O) groups excluding carboxylic acids is 2. The first-order chi connectivity index (χ1) is 12.0. The summed E-state index contributed by atoms with van der Waals surface area (Å²) in [4.78, 5) is 43.1. The first-order valence-electron chi connectivity index (χ1n) is 6.59. The number of ether oxygens (including phenoxy) is 3. The van der Waals surface area contributed by atoms with Crippen molar-refractivity contribution >= 4 is 24.9 Å². The van der Waals surface area contributed by atoms with Gasteiger partial charge in [0.2, 0.25) is 0 Å². The van der Waals surface area contributed by atoms with Crippen LogP contribution in [-0.4, -0.2) is 35.1 Å². The normalized spacial score (nSPS) is 9.76. The van der Waals surface area contributed by atoms with Gasteiger partial charge in [-0.15, -0.1) is 0 Å². The van der Waals surface area contributed by atoms with Gasteiger partial charge < -0.3 is 24.4 Å². The molecular formula is C16H10O9. The third kappa shape index (κ3) is 4.10. The predicted octanol–water partition coefficient (Wildman–Crippen LogP) is 1.95. The van der Waals surface area contributed by atoms with Gasteiger partial charge in [0, 0.05) is 6.07 Å². The molecule has 0 spiro atoms. The van der Waals surface area contributed by atoms with Crippen molar-refractivity contribution in [2.75, 3.05) is 0 Å². The maximum absolute atomic E-state index is 11.2. The molecule has 2 rings (SSSR count). The Hall–Kier alpha value is -3.88. The highest BCUT2D eigenvalue weighted by molar-refractivity contribution is 6.02. The molecule has 0 atom stereocenters. The molecule has 0 aliphatic heterocycles. The molecule has 25 heavy (non-hydrogen) atoms. The van der Waals surface area contributed by atoms with E-state index in [1.807, 2.05) is 0 Å². The standard InChI is InChI=1S/C16H10O9/c17-7-23-13-4-2-10(6-14(13)24-8-18)25-9-1-3-11(15(19)20)12(5-9)16(21)22/h1-8H,(H,19,20)(H,21,22). The zero-order valence-electron chi connectivity index (χ0n) is 12.4. The fourth-order valence-electron chi connectivity index (χ4n) is 1.93. The Morgan fingerprint density at radius 1 is 0.760 bits per heavy atom. The number of carbonyl (C=O) groups is 4. The highest BCUT2D eigenvalue weighted by Crippen LogP contribution is 2.33. The van der Waals surface area contributed by atoms with Gasteiger partial charge in [0.1, 0.15) is 11.5 Å². The third-order valence-electron chi connectivity index (χ3n) is 2.95. The lowest BCUT2D eigenvalue weighted by atomic mass is 10.1. The van der Waals surface area contributed by atoms with Crippen LogP contribution < -0.4 is 14.2 Å². The molecular weight excluding hydrogens is 336 g/mol. The lowest BCUT2D eigenvalue weighted by molar-refractivity contribution is -0.123. The minimum absolute atomic E-state index is 0.0260. The zero-order chi connectivity index (χ0) is 18.4. The Morgan fingerprint density at radius 2 is 1.32 bits per heavy atom. The van der Waals surface area contributed by atoms with Crippen LogP contribution >= 0.6 is 0 Å². The van der Waals surface area contributed by atoms with E-state index in [1.54, 1.807) is 0 Å². The van der Waals surface area contributed by atoms with Crippen molar-refractivity contribution < 1.29 is 43.6 Å². The van der Waals surface area contributed by atoms with Crippen molar-refractivity contribution in [3.63, 3.8) is 0 Å². The molecule has 2 N–H and O–H groups in total. The summed E-state index contributed by atoms with van der Waals surface area (Å²) in [6, 6.07) is 7.31. The van der Waals surface area contributed by atoms with Crippen molar-refractivity contribution in [1.82, 2.24) is 0 Å². The van der Waals surface area contributed by atoms with Crippen molar-refractivity contribution in [3.05, 3.63) is 47.5 Å². The number of aromatic carboxylic acids is 2. The molecule has 128 valence electrons. The molecule has 0 saturated heterocycles. The van der Waals surface area contributed by atoms with Gasteiger partial charge in [-0.05, 0) is 30.3 Å². The van der Waals surface area contributed by atoms with Crippen LogP contribution in [0.25, 0.3) is 0 Å². The summed E-state index contributed by atoms with van der Waals surface area (Å²) in [6.45, 7) is 0.276. The highest BCUT2D eigenvalue weighted by Gasteiger charge is 2.17. The molecule has 2 aromatic carbocycles. The summed E-state index contributed by atoms with van der Waals surface area (Å²) < 4.78 is 14.7. The van der Waals surface area contributed by atoms with Gasteiger partial charge in [-0.3, -0.25) is 9.59 Å². The second kappa shape index (κ2) is 7.59. The maximum atomic E-state index is 11.2. The minimum Gasteiger partial charge on any atom is -0.478 e. The summed E-state index contributed by atoms with van der Waals surface area (Å²) in [5, 5.41) is 18.1. The van der Waals surface area contributed by atoms with Gasteiger partial charge in [-0.2, -0.15) is 0 Å². The van der Waals surface area contributed by atoms with Gasteiger partial charge in [0.15, 0.2) is 11.5 Å². The van der Waals surface area contributed by atoms with E-state index in [9.17, 15) is 19.2 Å². The van der Waals surface area contributed by atoms with E-state index in [0.717, 1.165) is 12.1 Å². The number of hydrogen-bond acceptors (Lipinski definition) is 7. The molecule has 0 amide bonds. The Labute approximate surface area is 140 Å². The minimum atomic E-state index is -1.43. The summed E-state index contributed by atoms with van der Waals surface area (Å²) in [7, 11) is 0. The van der Waals surface area contributed by atoms with E-state index < -0.39 is 17.5 Å². The van der Waals surface area contributed by atoms with Crippen LogP contribution in [-0.2, 0) is 9.59 Å². The molecule has 2 aromatic rings. The molecule has 0 fully saturated rings. The first-order valence-corrected chi connectivity index (χ1v) is 6.59. The number of hydrogen-bond donors (Lipinski definition) is 2. The first kappa shape index (κ1) is 17.5. The van der Waals surface area contributed by atoms with E-state index in [-0.39, 0.29) is 41.5 Å². The van der Waals surface area contributed by atoms with Crippen LogP contribution in [0, 0.1) is 0 Å². The van der Waals surface area contributed by atoms with E-state index in [2.05, 4.69) is 9.47 Å². The van der Waals surface area contributed by atoms with Crippen LogP contribution in [0.2, 0.25) is 0 Å².